The van der Waals surface area contributed by atoms with Crippen molar-refractivity contribution >= 4 is 0 Å². The number of hydrogen-bond donors (Lipinski definition) is 1. The summed E-state index contributed by atoms with van der Waals surface area (Å²) in [6.45, 7) is 7.39. The Morgan fingerprint density at radius 2 is 2.27 bits per heavy atom. The van der Waals surface area contributed by atoms with Crippen LogP contribution in [0.4, 0.5) is 0 Å². The molecule has 1 nitrogen and oxygen atoms in total. The first-order valence-corrected chi connectivity index (χ1v) is 3.80. The Morgan fingerprint density at radius 1 is 1.64 bits per heavy atom. The van der Waals surface area contributed by atoms with Crippen LogP contribution in [0.5, 0.6) is 0 Å². The van der Waals surface area contributed by atoms with Crippen molar-refractivity contribution in [2.45, 2.75) is 26.4 Å². The number of rotatable bonds is 4. The van der Waals surface area contributed by atoms with E-state index >= 15 is 0 Å². The molecule has 11 heavy (non-hydrogen) atoms. The van der Waals surface area contributed by atoms with Crippen molar-refractivity contribution in [3.05, 3.63) is 36.5 Å². The van der Waals surface area contributed by atoms with Crippen LogP contribution in [-0.4, -0.2) is 11.2 Å². The van der Waals surface area contributed by atoms with Crippen LogP contribution in [0.25, 0.3) is 0 Å². The van der Waals surface area contributed by atoms with Crippen LogP contribution in [0.3, 0.4) is 0 Å². The largest absolute Gasteiger partial charge is 0.388 e. The lowest BCUT2D eigenvalue weighted by atomic mass is 10.1. The monoisotopic (exact) mass is 152 g/mol. The fraction of sp³-hybridized carbons (Fsp3) is 0.400. The van der Waals surface area contributed by atoms with Crippen molar-refractivity contribution in [3.8, 4) is 0 Å². The Hall–Kier alpha value is -0.820. The quantitative estimate of drug-likeness (QED) is 0.484. The first-order valence-electron chi connectivity index (χ1n) is 3.80. The summed E-state index contributed by atoms with van der Waals surface area (Å²) in [5.41, 5.74) is 1.01. The molecule has 0 radical (unpaired) electrons. The van der Waals surface area contributed by atoms with E-state index in [4.69, 9.17) is 0 Å². The molecule has 0 bridgehead atoms. The topological polar surface area (TPSA) is 20.2 Å². The van der Waals surface area contributed by atoms with Crippen LogP contribution in [0, 0.1) is 0 Å². The summed E-state index contributed by atoms with van der Waals surface area (Å²) < 4.78 is 0. The minimum Gasteiger partial charge on any atom is -0.388 e. The van der Waals surface area contributed by atoms with Gasteiger partial charge in [-0.1, -0.05) is 30.9 Å². The summed E-state index contributed by atoms with van der Waals surface area (Å²) in [5, 5.41) is 9.39. The lowest BCUT2D eigenvalue weighted by molar-refractivity contribution is 0.214. The minimum atomic E-state index is -0.337. The molecule has 0 aliphatic carbocycles. The van der Waals surface area contributed by atoms with Crippen molar-refractivity contribution in [1.29, 1.82) is 0 Å². The SMILES string of the molecule is C=CC=CCC(O)/C(C)=C/C. The van der Waals surface area contributed by atoms with E-state index in [9.17, 15) is 5.11 Å². The Morgan fingerprint density at radius 3 is 2.73 bits per heavy atom. The second kappa shape index (κ2) is 5.93. The molecule has 0 aromatic rings. The molecule has 0 saturated heterocycles. The molecule has 0 aliphatic rings. The molecule has 1 N–H and O–H groups in total. The summed E-state index contributed by atoms with van der Waals surface area (Å²) in [7, 11) is 0. The predicted molar refractivity (Wildman–Crippen MR) is 49.4 cm³/mol. The van der Waals surface area contributed by atoms with Crippen LogP contribution in [0.15, 0.2) is 36.5 Å². The van der Waals surface area contributed by atoms with Crippen molar-refractivity contribution in [3.63, 3.8) is 0 Å². The van der Waals surface area contributed by atoms with Crippen molar-refractivity contribution in [2.75, 3.05) is 0 Å². The summed E-state index contributed by atoms with van der Waals surface area (Å²) in [6.07, 6.45) is 7.71. The van der Waals surface area contributed by atoms with Crippen LogP contribution in [0.1, 0.15) is 20.3 Å². The van der Waals surface area contributed by atoms with Crippen molar-refractivity contribution in [1.82, 2.24) is 0 Å². The standard InChI is InChI=1S/C10H16O/c1-4-6-7-8-10(11)9(3)5-2/h4-7,10-11H,1,8H2,2-3H3/b7-6?,9-5+. The number of hydrogen-bond acceptors (Lipinski definition) is 1. The molecule has 0 aromatic carbocycles. The summed E-state index contributed by atoms with van der Waals surface area (Å²) in [6, 6.07) is 0. The average molecular weight is 152 g/mol. The van der Waals surface area contributed by atoms with Gasteiger partial charge in [-0.2, -0.15) is 0 Å². The van der Waals surface area contributed by atoms with Crippen LogP contribution in [0.2, 0.25) is 0 Å². The molecule has 0 heterocycles. The van der Waals surface area contributed by atoms with Crippen LogP contribution >= 0.6 is 0 Å². The van der Waals surface area contributed by atoms with Crippen molar-refractivity contribution in [2.24, 2.45) is 0 Å². The van der Waals surface area contributed by atoms with Crippen LogP contribution < -0.4 is 0 Å². The maximum Gasteiger partial charge on any atom is 0.0781 e. The van der Waals surface area contributed by atoms with Gasteiger partial charge in [0.25, 0.3) is 0 Å². The van der Waals surface area contributed by atoms with Gasteiger partial charge in [0.1, 0.15) is 0 Å². The van der Waals surface area contributed by atoms with Gasteiger partial charge in [0.2, 0.25) is 0 Å². The fourth-order valence-corrected chi connectivity index (χ4v) is 0.682. The van der Waals surface area contributed by atoms with Gasteiger partial charge in [-0.05, 0) is 25.8 Å². The van der Waals surface area contributed by atoms with Gasteiger partial charge in [0.15, 0.2) is 0 Å². The molecule has 0 rings (SSSR count). The van der Waals surface area contributed by atoms with Gasteiger partial charge in [-0.15, -0.1) is 0 Å². The van der Waals surface area contributed by atoms with Gasteiger partial charge >= 0.3 is 0 Å². The molecule has 0 amide bonds. The van der Waals surface area contributed by atoms with Gasteiger partial charge in [-0.3, -0.25) is 0 Å². The highest BCUT2D eigenvalue weighted by Crippen LogP contribution is 2.05. The Labute approximate surface area is 68.7 Å². The average Bonchev–Trinajstić information content (AvgIpc) is 2.03. The second-order valence-corrected chi connectivity index (χ2v) is 2.45. The highest BCUT2D eigenvalue weighted by Gasteiger charge is 2.00. The summed E-state index contributed by atoms with van der Waals surface area (Å²) in [5.74, 6) is 0. The molecule has 1 unspecified atom stereocenters. The zero-order chi connectivity index (χ0) is 8.69. The van der Waals surface area contributed by atoms with E-state index in [2.05, 4.69) is 6.58 Å². The number of allylic oxidation sites excluding steroid dienone is 3. The Bertz CT molecular complexity index is 166. The van der Waals surface area contributed by atoms with Crippen LogP contribution in [-0.2, 0) is 0 Å². The highest BCUT2D eigenvalue weighted by molar-refractivity contribution is 5.07. The highest BCUT2D eigenvalue weighted by atomic mass is 16.3. The molecule has 62 valence electrons. The van der Waals surface area contributed by atoms with E-state index in [1.165, 1.54) is 0 Å². The first kappa shape index (κ1) is 10.2. The minimum absolute atomic E-state index is 0.337. The fourth-order valence-electron chi connectivity index (χ4n) is 0.682. The van der Waals surface area contributed by atoms with E-state index in [1.807, 2.05) is 32.1 Å². The van der Waals surface area contributed by atoms with E-state index in [0.29, 0.717) is 6.42 Å². The van der Waals surface area contributed by atoms with E-state index in [1.54, 1.807) is 6.08 Å². The van der Waals surface area contributed by atoms with E-state index in [-0.39, 0.29) is 6.10 Å². The second-order valence-electron chi connectivity index (χ2n) is 2.45. The third-order valence-electron chi connectivity index (χ3n) is 1.61. The lowest BCUT2D eigenvalue weighted by Gasteiger charge is -2.06. The molecule has 0 fully saturated rings. The summed E-state index contributed by atoms with van der Waals surface area (Å²) in [4.78, 5) is 0. The molecule has 0 saturated carbocycles. The molecular weight excluding hydrogens is 136 g/mol. The zero-order valence-electron chi connectivity index (χ0n) is 7.25. The smallest absolute Gasteiger partial charge is 0.0781 e. The van der Waals surface area contributed by atoms with E-state index < -0.39 is 0 Å². The Kier molecular flexibility index (Phi) is 5.49. The molecule has 0 spiro atoms. The molecule has 1 heteroatoms. The van der Waals surface area contributed by atoms with Crippen molar-refractivity contribution < 1.29 is 5.11 Å². The summed E-state index contributed by atoms with van der Waals surface area (Å²) >= 11 is 0. The van der Waals surface area contributed by atoms with E-state index in [0.717, 1.165) is 5.57 Å². The number of aliphatic hydroxyl groups is 1. The van der Waals surface area contributed by atoms with Gasteiger partial charge in [-0.25, -0.2) is 0 Å². The molecule has 0 aromatic heterocycles. The maximum absolute atomic E-state index is 9.39. The third-order valence-corrected chi connectivity index (χ3v) is 1.61. The zero-order valence-corrected chi connectivity index (χ0v) is 7.25. The van der Waals surface area contributed by atoms with Gasteiger partial charge in [0, 0.05) is 0 Å². The molecular formula is C10H16O. The van der Waals surface area contributed by atoms with Gasteiger partial charge in [0.05, 0.1) is 6.10 Å². The number of aliphatic hydroxyl groups excluding tert-OH is 1. The predicted octanol–water partition coefficient (Wildman–Crippen LogP) is 2.45. The maximum atomic E-state index is 9.39. The third kappa shape index (κ3) is 4.57. The lowest BCUT2D eigenvalue weighted by Crippen LogP contribution is -2.05. The normalized spacial score (nSPS) is 15.4. The van der Waals surface area contributed by atoms with Gasteiger partial charge < -0.3 is 5.11 Å². The Balaban J connectivity index is 3.77. The molecule has 0 aliphatic heterocycles. The molecule has 1 atom stereocenters. The first-order chi connectivity index (χ1) is 5.22.